The van der Waals surface area contributed by atoms with E-state index >= 15 is 0 Å². The van der Waals surface area contributed by atoms with Gasteiger partial charge in [0.2, 0.25) is 0 Å². The van der Waals surface area contributed by atoms with Crippen LogP contribution in [0.25, 0.3) is 0 Å². The molecule has 1 aliphatic rings. The molecular formula is C20H30N2OS. The normalized spacial score (nSPS) is 25.3. The van der Waals surface area contributed by atoms with Gasteiger partial charge in [0.1, 0.15) is 5.78 Å². The van der Waals surface area contributed by atoms with Crippen molar-refractivity contribution in [3.8, 4) is 0 Å². The zero-order valence-electron chi connectivity index (χ0n) is 16.2. The summed E-state index contributed by atoms with van der Waals surface area (Å²) in [6.07, 6.45) is 0.432. The Morgan fingerprint density at radius 3 is 2.29 bits per heavy atom. The molecule has 0 bridgehead atoms. The topological polar surface area (TPSA) is 32.7 Å². The number of amidine groups is 1. The molecule has 1 saturated heterocycles. The van der Waals surface area contributed by atoms with Crippen molar-refractivity contribution in [3.63, 3.8) is 0 Å². The maximum Gasteiger partial charge on any atom is 0.165 e. The van der Waals surface area contributed by atoms with Crippen LogP contribution < -0.4 is 0 Å². The SMILES string of the molecule is CC(=O)Cc1ccccc1N=C1SC(C)(C(C)(C)C)C(C)(C)N1C. The number of benzene rings is 1. The molecule has 0 aliphatic carbocycles. The number of thioether (sulfide) groups is 1. The lowest BCUT2D eigenvalue weighted by atomic mass is 9.70. The fourth-order valence-corrected chi connectivity index (χ4v) is 4.81. The third-order valence-electron chi connectivity index (χ3n) is 5.67. The van der Waals surface area contributed by atoms with Gasteiger partial charge in [0.25, 0.3) is 0 Å². The van der Waals surface area contributed by atoms with Crippen LogP contribution in [0.5, 0.6) is 0 Å². The van der Waals surface area contributed by atoms with Gasteiger partial charge in [-0.1, -0.05) is 50.7 Å². The van der Waals surface area contributed by atoms with Gasteiger partial charge >= 0.3 is 0 Å². The Kier molecular flexibility index (Phi) is 4.93. The summed E-state index contributed by atoms with van der Waals surface area (Å²) in [5, 5.41) is 1.02. The van der Waals surface area contributed by atoms with Crippen molar-refractivity contribution < 1.29 is 4.79 Å². The molecule has 0 N–H and O–H groups in total. The largest absolute Gasteiger partial charge is 0.348 e. The lowest BCUT2D eigenvalue weighted by Crippen LogP contribution is -2.56. The van der Waals surface area contributed by atoms with Crippen LogP contribution in [-0.2, 0) is 11.2 Å². The lowest BCUT2D eigenvalue weighted by Gasteiger charge is -2.48. The second kappa shape index (κ2) is 6.21. The van der Waals surface area contributed by atoms with Crippen LogP contribution in [0, 0.1) is 5.41 Å². The molecule has 24 heavy (non-hydrogen) atoms. The van der Waals surface area contributed by atoms with Gasteiger partial charge in [0.05, 0.1) is 11.2 Å². The first-order valence-electron chi connectivity index (χ1n) is 8.49. The Labute approximate surface area is 150 Å². The number of carbonyl (C=O) groups is 1. The summed E-state index contributed by atoms with van der Waals surface area (Å²) in [6.45, 7) is 15.4. The molecule has 1 heterocycles. The number of carbonyl (C=O) groups excluding carboxylic acids is 1. The first-order chi connectivity index (χ1) is 10.9. The molecule has 1 aromatic rings. The number of ketones is 1. The highest BCUT2D eigenvalue weighted by molar-refractivity contribution is 8.15. The fraction of sp³-hybridized carbons (Fsp3) is 0.600. The molecule has 0 saturated carbocycles. The quantitative estimate of drug-likeness (QED) is 0.766. The van der Waals surface area contributed by atoms with E-state index in [1.807, 2.05) is 36.0 Å². The minimum atomic E-state index is -0.0235. The van der Waals surface area contributed by atoms with Crippen molar-refractivity contribution in [2.45, 2.75) is 65.2 Å². The molecular weight excluding hydrogens is 316 g/mol. The molecule has 1 fully saturated rings. The minimum absolute atomic E-state index is 0.0235. The van der Waals surface area contributed by atoms with Crippen LogP contribution in [-0.4, -0.2) is 33.2 Å². The monoisotopic (exact) mass is 346 g/mol. The highest BCUT2D eigenvalue weighted by Crippen LogP contribution is 2.57. The second-order valence-corrected chi connectivity index (χ2v) is 9.79. The number of nitrogens with zero attached hydrogens (tertiary/aromatic N) is 2. The van der Waals surface area contributed by atoms with Crippen molar-refractivity contribution in [2.24, 2.45) is 10.4 Å². The molecule has 3 nitrogen and oxygen atoms in total. The van der Waals surface area contributed by atoms with Crippen molar-refractivity contribution >= 4 is 28.4 Å². The molecule has 1 aliphatic heterocycles. The Morgan fingerprint density at radius 1 is 1.21 bits per heavy atom. The van der Waals surface area contributed by atoms with E-state index in [0.29, 0.717) is 6.42 Å². The number of hydrogen-bond donors (Lipinski definition) is 0. The van der Waals surface area contributed by atoms with Crippen LogP contribution in [0.1, 0.15) is 54.0 Å². The summed E-state index contributed by atoms with van der Waals surface area (Å²) < 4.78 is 0.0309. The van der Waals surface area contributed by atoms with E-state index in [2.05, 4.69) is 53.5 Å². The van der Waals surface area contributed by atoms with Gasteiger partial charge in [-0.15, -0.1) is 0 Å². The third-order valence-corrected chi connectivity index (χ3v) is 7.73. The molecule has 1 atom stereocenters. The van der Waals surface area contributed by atoms with E-state index in [1.165, 1.54) is 0 Å². The number of Topliss-reactive ketones (excluding diaryl/α,β-unsaturated/α-hetero) is 1. The van der Waals surface area contributed by atoms with Crippen LogP contribution in [0.2, 0.25) is 0 Å². The lowest BCUT2D eigenvalue weighted by molar-refractivity contribution is -0.116. The zero-order valence-corrected chi connectivity index (χ0v) is 17.0. The molecule has 1 aromatic carbocycles. The van der Waals surface area contributed by atoms with Crippen LogP contribution >= 0.6 is 11.8 Å². The van der Waals surface area contributed by atoms with Crippen molar-refractivity contribution in [1.82, 2.24) is 4.90 Å². The Bertz CT molecular complexity index is 672. The van der Waals surface area contributed by atoms with Crippen LogP contribution in [0.4, 0.5) is 5.69 Å². The van der Waals surface area contributed by atoms with Crippen molar-refractivity contribution in [1.29, 1.82) is 0 Å². The summed E-state index contributed by atoms with van der Waals surface area (Å²) in [4.78, 5) is 18.8. The number of para-hydroxylation sites is 1. The van der Waals surface area contributed by atoms with E-state index in [0.717, 1.165) is 16.4 Å². The highest BCUT2D eigenvalue weighted by atomic mass is 32.2. The number of rotatable bonds is 3. The fourth-order valence-electron chi connectivity index (χ4n) is 3.24. The molecule has 0 radical (unpaired) electrons. The van der Waals surface area contributed by atoms with Gasteiger partial charge in [-0.05, 0) is 44.7 Å². The van der Waals surface area contributed by atoms with Gasteiger partial charge in [0, 0.05) is 18.2 Å². The first kappa shape index (κ1) is 19.0. The number of hydrogen-bond acceptors (Lipinski definition) is 3. The van der Waals surface area contributed by atoms with Gasteiger partial charge in [-0.2, -0.15) is 0 Å². The van der Waals surface area contributed by atoms with Gasteiger partial charge in [-0.25, -0.2) is 4.99 Å². The minimum Gasteiger partial charge on any atom is -0.348 e. The van der Waals surface area contributed by atoms with Crippen molar-refractivity contribution in [3.05, 3.63) is 29.8 Å². The summed E-state index contributed by atoms with van der Waals surface area (Å²) >= 11 is 1.85. The maximum absolute atomic E-state index is 11.5. The smallest absolute Gasteiger partial charge is 0.165 e. The van der Waals surface area contributed by atoms with E-state index in [1.54, 1.807) is 6.92 Å². The van der Waals surface area contributed by atoms with Gasteiger partial charge < -0.3 is 4.90 Å². The standard InChI is InChI=1S/C20H30N2OS/c1-14(23)13-15-11-9-10-12-16(15)21-17-22(8)19(5,6)20(7,24-17)18(2,3)4/h9-12H,13H2,1-8H3. The molecule has 0 amide bonds. The van der Waals surface area contributed by atoms with Crippen LogP contribution in [0.15, 0.2) is 29.3 Å². The van der Waals surface area contributed by atoms with Crippen LogP contribution in [0.3, 0.4) is 0 Å². The Balaban J connectivity index is 2.48. The second-order valence-electron chi connectivity index (χ2n) is 8.41. The van der Waals surface area contributed by atoms with E-state index in [-0.39, 0.29) is 21.5 Å². The molecule has 2 rings (SSSR count). The predicted octanol–water partition coefficient (Wildman–Crippen LogP) is 5.07. The van der Waals surface area contributed by atoms with Gasteiger partial charge in [0.15, 0.2) is 5.17 Å². The van der Waals surface area contributed by atoms with E-state index in [4.69, 9.17) is 4.99 Å². The number of aliphatic imine (C=N–C) groups is 1. The third kappa shape index (κ3) is 3.13. The molecule has 4 heteroatoms. The summed E-state index contributed by atoms with van der Waals surface area (Å²) in [6, 6.07) is 7.95. The predicted molar refractivity (Wildman–Crippen MR) is 105 cm³/mol. The average molecular weight is 347 g/mol. The maximum atomic E-state index is 11.5. The molecule has 132 valence electrons. The Hall–Kier alpha value is -1.29. The highest BCUT2D eigenvalue weighted by Gasteiger charge is 2.58. The van der Waals surface area contributed by atoms with E-state index in [9.17, 15) is 4.79 Å². The Morgan fingerprint density at radius 2 is 1.79 bits per heavy atom. The molecule has 1 unspecified atom stereocenters. The van der Waals surface area contributed by atoms with Crippen molar-refractivity contribution in [2.75, 3.05) is 7.05 Å². The summed E-state index contributed by atoms with van der Waals surface area (Å²) in [5.74, 6) is 0.162. The van der Waals surface area contributed by atoms with E-state index < -0.39 is 0 Å². The summed E-state index contributed by atoms with van der Waals surface area (Å²) in [5.41, 5.74) is 2.00. The van der Waals surface area contributed by atoms with Gasteiger partial charge in [-0.3, -0.25) is 4.79 Å². The first-order valence-corrected chi connectivity index (χ1v) is 9.30. The molecule has 0 spiro atoms. The zero-order chi connectivity index (χ0) is 18.3. The summed E-state index contributed by atoms with van der Waals surface area (Å²) in [7, 11) is 2.12. The molecule has 0 aromatic heterocycles. The average Bonchev–Trinajstić information content (AvgIpc) is 2.62.